The minimum atomic E-state index is 0.108. The Balaban J connectivity index is 1.89. The van der Waals surface area contributed by atoms with Gasteiger partial charge < -0.3 is 4.90 Å². The highest BCUT2D eigenvalue weighted by Gasteiger charge is 2.27. The van der Waals surface area contributed by atoms with Crippen molar-refractivity contribution in [3.63, 3.8) is 0 Å². The molecule has 4 nitrogen and oxygen atoms in total. The van der Waals surface area contributed by atoms with Gasteiger partial charge in [0.2, 0.25) is 5.91 Å². The van der Waals surface area contributed by atoms with Crippen molar-refractivity contribution in [3.8, 4) is 11.1 Å². The Hall–Kier alpha value is -2.49. The van der Waals surface area contributed by atoms with Crippen LogP contribution < -0.4 is 0 Å². The zero-order chi connectivity index (χ0) is 19.4. The number of carbonyl (C=O) groups is 1. The molecule has 0 bridgehead atoms. The highest BCUT2D eigenvalue weighted by atomic mass is 16.2. The maximum absolute atomic E-state index is 12.6. The number of hydrogen-bond donors (Lipinski definition) is 0. The number of piperidine rings is 1. The van der Waals surface area contributed by atoms with Crippen molar-refractivity contribution in [2.24, 2.45) is 5.92 Å². The van der Waals surface area contributed by atoms with E-state index < -0.39 is 0 Å². The monoisotopic (exact) mass is 363 g/mol. The Bertz CT molecular complexity index is 841. The molecule has 1 aliphatic heterocycles. The van der Waals surface area contributed by atoms with Gasteiger partial charge in [-0.25, -0.2) is 9.97 Å². The molecule has 1 aromatic heterocycles. The Morgan fingerprint density at radius 2 is 2.11 bits per heavy atom. The molecule has 1 atom stereocenters. The van der Waals surface area contributed by atoms with E-state index in [0.717, 1.165) is 48.6 Å². The van der Waals surface area contributed by atoms with Crippen molar-refractivity contribution in [1.82, 2.24) is 14.9 Å². The minimum absolute atomic E-state index is 0.108. The summed E-state index contributed by atoms with van der Waals surface area (Å²) in [5.74, 6) is 1.51. The van der Waals surface area contributed by atoms with Gasteiger partial charge in [-0.2, -0.15) is 0 Å². The van der Waals surface area contributed by atoms with Crippen LogP contribution in [0.4, 0.5) is 0 Å². The molecule has 27 heavy (non-hydrogen) atoms. The second-order valence-electron chi connectivity index (χ2n) is 7.81. The van der Waals surface area contributed by atoms with E-state index in [2.05, 4.69) is 50.0 Å². The van der Waals surface area contributed by atoms with Gasteiger partial charge in [-0.15, -0.1) is 0 Å². The van der Waals surface area contributed by atoms with Crippen LogP contribution in [0.1, 0.15) is 49.7 Å². The molecule has 1 fully saturated rings. The van der Waals surface area contributed by atoms with E-state index in [4.69, 9.17) is 4.98 Å². The fraction of sp³-hybridized carbons (Fsp3) is 0.435. The molecule has 142 valence electrons. The minimum Gasteiger partial charge on any atom is -0.339 e. The Morgan fingerprint density at radius 1 is 1.30 bits per heavy atom. The van der Waals surface area contributed by atoms with Gasteiger partial charge >= 0.3 is 0 Å². The summed E-state index contributed by atoms with van der Waals surface area (Å²) < 4.78 is 0. The first-order valence-electron chi connectivity index (χ1n) is 9.81. The molecular formula is C23H29N3O. The molecule has 0 spiro atoms. The van der Waals surface area contributed by atoms with Gasteiger partial charge in [-0.3, -0.25) is 4.79 Å². The van der Waals surface area contributed by atoms with E-state index in [1.54, 1.807) is 6.08 Å². The summed E-state index contributed by atoms with van der Waals surface area (Å²) in [5, 5.41) is 0. The first-order chi connectivity index (χ1) is 12.9. The fourth-order valence-corrected chi connectivity index (χ4v) is 3.61. The molecule has 0 aliphatic carbocycles. The zero-order valence-electron chi connectivity index (χ0n) is 16.8. The van der Waals surface area contributed by atoms with Crippen molar-refractivity contribution in [2.45, 2.75) is 46.5 Å². The van der Waals surface area contributed by atoms with E-state index in [0.29, 0.717) is 5.92 Å². The lowest BCUT2D eigenvalue weighted by Crippen LogP contribution is -2.38. The average Bonchev–Trinajstić information content (AvgIpc) is 2.66. The van der Waals surface area contributed by atoms with Gasteiger partial charge in [-0.1, -0.05) is 49.8 Å². The van der Waals surface area contributed by atoms with Crippen LogP contribution in [-0.2, 0) is 4.79 Å². The summed E-state index contributed by atoms with van der Waals surface area (Å²) in [5.41, 5.74) is 4.52. The quantitative estimate of drug-likeness (QED) is 0.741. The van der Waals surface area contributed by atoms with Crippen molar-refractivity contribution in [1.29, 1.82) is 0 Å². The summed E-state index contributed by atoms with van der Waals surface area (Å²) in [4.78, 5) is 23.8. The van der Waals surface area contributed by atoms with Gasteiger partial charge in [-0.05, 0) is 44.2 Å². The third-order valence-electron chi connectivity index (χ3n) is 5.01. The van der Waals surface area contributed by atoms with E-state index in [1.165, 1.54) is 5.56 Å². The normalized spacial score (nSPS) is 17.7. The lowest BCUT2D eigenvalue weighted by Gasteiger charge is -2.32. The summed E-state index contributed by atoms with van der Waals surface area (Å²) in [6, 6.07) is 8.46. The summed E-state index contributed by atoms with van der Waals surface area (Å²) in [7, 11) is 0. The highest BCUT2D eigenvalue weighted by Crippen LogP contribution is 2.33. The molecule has 2 heterocycles. The largest absolute Gasteiger partial charge is 0.339 e. The first-order valence-corrected chi connectivity index (χ1v) is 9.81. The lowest BCUT2D eigenvalue weighted by molar-refractivity contribution is -0.127. The Morgan fingerprint density at radius 3 is 2.85 bits per heavy atom. The predicted octanol–water partition coefficient (Wildman–Crippen LogP) is 4.68. The summed E-state index contributed by atoms with van der Waals surface area (Å²) in [6.45, 7) is 9.74. The number of aromatic nitrogens is 2. The Labute approximate surface area is 162 Å². The van der Waals surface area contributed by atoms with Gasteiger partial charge in [0.15, 0.2) is 0 Å². The molecule has 0 unspecified atom stereocenters. The van der Waals surface area contributed by atoms with Crippen LogP contribution in [0.3, 0.4) is 0 Å². The number of amides is 1. The van der Waals surface area contributed by atoms with Gasteiger partial charge in [0.05, 0.1) is 5.69 Å². The van der Waals surface area contributed by atoms with Crippen LogP contribution in [0.15, 0.2) is 42.6 Å². The predicted molar refractivity (Wildman–Crippen MR) is 109 cm³/mol. The van der Waals surface area contributed by atoms with Crippen molar-refractivity contribution >= 4 is 5.91 Å². The van der Waals surface area contributed by atoms with Crippen LogP contribution in [-0.4, -0.2) is 33.9 Å². The summed E-state index contributed by atoms with van der Waals surface area (Å²) in [6.07, 6.45) is 7.68. The first kappa shape index (κ1) is 19.3. The van der Waals surface area contributed by atoms with Crippen LogP contribution in [0, 0.1) is 19.8 Å². The molecule has 2 aromatic rings. The number of allylic oxidation sites excluding steroid dienone is 1. The van der Waals surface area contributed by atoms with Crippen LogP contribution in [0.2, 0.25) is 0 Å². The molecule has 0 N–H and O–H groups in total. The van der Waals surface area contributed by atoms with Gasteiger partial charge in [0, 0.05) is 30.8 Å². The lowest BCUT2D eigenvalue weighted by atomic mass is 9.89. The van der Waals surface area contributed by atoms with Crippen LogP contribution in [0.5, 0.6) is 0 Å². The molecule has 3 rings (SSSR count). The highest BCUT2D eigenvalue weighted by molar-refractivity contribution is 5.87. The van der Waals surface area contributed by atoms with Gasteiger partial charge in [0.25, 0.3) is 0 Å². The fourth-order valence-electron chi connectivity index (χ4n) is 3.61. The van der Waals surface area contributed by atoms with Crippen molar-refractivity contribution < 1.29 is 4.79 Å². The number of benzene rings is 1. The van der Waals surface area contributed by atoms with Gasteiger partial charge in [0.1, 0.15) is 5.82 Å². The van der Waals surface area contributed by atoms with E-state index in [-0.39, 0.29) is 11.8 Å². The number of hydrogen-bond acceptors (Lipinski definition) is 3. The maximum Gasteiger partial charge on any atom is 0.246 e. The number of likely N-dealkylation sites (tertiary alicyclic amines) is 1. The molecule has 1 aromatic carbocycles. The average molecular weight is 364 g/mol. The smallest absolute Gasteiger partial charge is 0.246 e. The topological polar surface area (TPSA) is 46.1 Å². The molecule has 1 aliphatic rings. The second kappa shape index (κ2) is 8.47. The standard InChI is InChI=1S/C23H29N3O/c1-16(2)10-11-22(27)26-12-6-9-20(15-26)23-21(14-24-18(4)25-23)19-8-5-7-17(3)13-19/h5,7-8,10-11,13-14,16,20H,6,9,12,15H2,1-4H3/b11-10+/t20-/m0/s1. The number of rotatable bonds is 4. The molecule has 1 saturated heterocycles. The van der Waals surface area contributed by atoms with E-state index in [1.807, 2.05) is 24.1 Å². The number of aryl methyl sites for hydroxylation is 2. The summed E-state index contributed by atoms with van der Waals surface area (Å²) >= 11 is 0. The van der Waals surface area contributed by atoms with Crippen LogP contribution in [0.25, 0.3) is 11.1 Å². The molecule has 0 radical (unpaired) electrons. The second-order valence-corrected chi connectivity index (χ2v) is 7.81. The number of nitrogens with zero attached hydrogens (tertiary/aromatic N) is 3. The van der Waals surface area contributed by atoms with Crippen LogP contribution >= 0.6 is 0 Å². The van der Waals surface area contributed by atoms with Crippen molar-refractivity contribution in [3.05, 3.63) is 59.7 Å². The van der Waals surface area contributed by atoms with E-state index >= 15 is 0 Å². The molecular weight excluding hydrogens is 334 g/mol. The molecule has 4 heteroatoms. The zero-order valence-corrected chi connectivity index (χ0v) is 16.8. The third kappa shape index (κ3) is 4.82. The maximum atomic E-state index is 12.6. The van der Waals surface area contributed by atoms with Crippen molar-refractivity contribution in [2.75, 3.05) is 13.1 Å². The SMILES string of the molecule is Cc1cccc(-c2cnc(C)nc2[C@H]2CCCN(C(=O)/C=C/C(C)C)C2)c1. The van der Waals surface area contributed by atoms with E-state index in [9.17, 15) is 4.79 Å². The third-order valence-corrected chi connectivity index (χ3v) is 5.01. The number of carbonyl (C=O) groups excluding carboxylic acids is 1. The Kier molecular flexibility index (Phi) is 6.04. The molecule has 0 saturated carbocycles. The molecule has 1 amide bonds.